The number of halogens is 1. The molecule has 2 heterocycles. The molecule has 0 saturated carbocycles. The van der Waals surface area contributed by atoms with Crippen LogP contribution in [0.3, 0.4) is 0 Å². The average molecular weight is 384 g/mol. The lowest BCUT2D eigenvalue weighted by atomic mass is 10.2. The average Bonchev–Trinajstić information content (AvgIpc) is 2.81. The molecular formula is C14H18BrN5O3. The van der Waals surface area contributed by atoms with Crippen LogP contribution in [-0.4, -0.2) is 32.2 Å². The van der Waals surface area contributed by atoms with E-state index in [0.717, 1.165) is 5.69 Å². The summed E-state index contributed by atoms with van der Waals surface area (Å²) >= 11 is 3.28. The Labute approximate surface area is 141 Å². The molecule has 8 nitrogen and oxygen atoms in total. The van der Waals surface area contributed by atoms with E-state index in [-0.39, 0.29) is 5.69 Å². The van der Waals surface area contributed by atoms with Gasteiger partial charge in [0.1, 0.15) is 15.9 Å². The van der Waals surface area contributed by atoms with Gasteiger partial charge in [0, 0.05) is 11.8 Å². The monoisotopic (exact) mass is 383 g/mol. The predicted molar refractivity (Wildman–Crippen MR) is 86.9 cm³/mol. The van der Waals surface area contributed by atoms with Crippen molar-refractivity contribution in [2.75, 3.05) is 0 Å². The molecule has 0 spiro atoms. The number of hydrogen-bond acceptors (Lipinski definition) is 5. The van der Waals surface area contributed by atoms with Gasteiger partial charge < -0.3 is 4.74 Å². The molecular weight excluding hydrogens is 366 g/mol. The quantitative estimate of drug-likeness (QED) is 0.774. The van der Waals surface area contributed by atoms with Gasteiger partial charge in [0.05, 0.1) is 0 Å². The summed E-state index contributed by atoms with van der Waals surface area (Å²) in [6.07, 6.45) is -0.0675. The first kappa shape index (κ1) is 17.2. The molecule has 23 heavy (non-hydrogen) atoms. The van der Waals surface area contributed by atoms with Gasteiger partial charge in [-0.05, 0) is 49.2 Å². The van der Waals surface area contributed by atoms with Crippen molar-refractivity contribution in [2.24, 2.45) is 0 Å². The summed E-state index contributed by atoms with van der Waals surface area (Å²) in [4.78, 5) is 27.9. The van der Waals surface area contributed by atoms with E-state index in [0.29, 0.717) is 16.7 Å². The maximum absolute atomic E-state index is 12.1. The number of rotatable bonds is 2. The fourth-order valence-corrected chi connectivity index (χ4v) is 2.22. The predicted octanol–water partition coefficient (Wildman–Crippen LogP) is 2.22. The summed E-state index contributed by atoms with van der Waals surface area (Å²) in [6, 6.07) is 3.33. The van der Waals surface area contributed by atoms with Crippen molar-refractivity contribution in [1.29, 1.82) is 0 Å². The van der Waals surface area contributed by atoms with Crippen molar-refractivity contribution < 1.29 is 14.3 Å². The molecule has 0 unspecified atom stereocenters. The molecule has 0 fully saturated rings. The lowest BCUT2D eigenvalue weighted by Crippen LogP contribution is -2.44. The van der Waals surface area contributed by atoms with Crippen LogP contribution < -0.4 is 10.9 Å². The molecule has 2 amide bonds. The highest BCUT2D eigenvalue weighted by Crippen LogP contribution is 2.14. The molecule has 0 aliphatic heterocycles. The van der Waals surface area contributed by atoms with Crippen molar-refractivity contribution in [2.45, 2.75) is 39.7 Å². The topological polar surface area (TPSA) is 97.6 Å². The zero-order chi connectivity index (χ0) is 17.2. The summed E-state index contributed by atoms with van der Waals surface area (Å²) in [5.41, 5.74) is 5.37. The molecule has 0 aliphatic carbocycles. The number of nitrogens with zero attached hydrogens (tertiary/aromatic N) is 3. The number of fused-ring (bicyclic) bond motifs is 1. The first-order chi connectivity index (χ1) is 10.7. The van der Waals surface area contributed by atoms with Crippen LogP contribution in [0.2, 0.25) is 0 Å². The van der Waals surface area contributed by atoms with E-state index in [9.17, 15) is 9.59 Å². The summed E-state index contributed by atoms with van der Waals surface area (Å²) in [6.45, 7) is 7.14. The van der Waals surface area contributed by atoms with Crippen LogP contribution in [0.5, 0.6) is 0 Å². The Morgan fingerprint density at radius 2 is 2.00 bits per heavy atom. The number of hydrogen-bond donors (Lipinski definition) is 2. The molecule has 0 radical (unpaired) electrons. The maximum Gasteiger partial charge on any atom is 0.426 e. The molecule has 0 aromatic carbocycles. The molecule has 0 saturated heterocycles. The molecule has 2 aromatic rings. The lowest BCUT2D eigenvalue weighted by molar-refractivity contribution is 0.0483. The minimum absolute atomic E-state index is 0.179. The van der Waals surface area contributed by atoms with E-state index >= 15 is 0 Å². The first-order valence-corrected chi connectivity index (χ1v) is 7.83. The van der Waals surface area contributed by atoms with E-state index in [2.05, 4.69) is 36.9 Å². The van der Waals surface area contributed by atoms with Crippen LogP contribution >= 0.6 is 15.9 Å². The van der Waals surface area contributed by atoms with Crippen LogP contribution in [0.25, 0.3) is 5.65 Å². The number of hydrazine groups is 1. The van der Waals surface area contributed by atoms with Crippen LogP contribution in [-0.2, 0) is 11.2 Å². The van der Waals surface area contributed by atoms with Gasteiger partial charge in [0.15, 0.2) is 5.65 Å². The fraction of sp³-hybridized carbons (Fsp3) is 0.429. The van der Waals surface area contributed by atoms with Crippen LogP contribution in [0.1, 0.15) is 43.9 Å². The van der Waals surface area contributed by atoms with E-state index in [4.69, 9.17) is 4.74 Å². The number of ether oxygens (including phenoxy) is 1. The van der Waals surface area contributed by atoms with Gasteiger partial charge in [-0.15, -0.1) is 0 Å². The van der Waals surface area contributed by atoms with Gasteiger partial charge in [-0.25, -0.2) is 19.7 Å². The van der Waals surface area contributed by atoms with Gasteiger partial charge in [-0.1, -0.05) is 6.92 Å². The number of amides is 2. The number of aromatic nitrogens is 3. The Morgan fingerprint density at radius 1 is 1.30 bits per heavy atom. The zero-order valence-corrected chi connectivity index (χ0v) is 14.9. The normalized spacial score (nSPS) is 11.3. The Morgan fingerprint density at radius 3 is 2.61 bits per heavy atom. The number of nitrogens with one attached hydrogen (secondary N) is 2. The smallest absolute Gasteiger partial charge is 0.426 e. The number of carbonyl (C=O) groups excluding carboxylic acids is 2. The van der Waals surface area contributed by atoms with Crippen molar-refractivity contribution >= 4 is 33.6 Å². The lowest BCUT2D eigenvalue weighted by Gasteiger charge is -2.19. The number of carbonyl (C=O) groups is 2. The second-order valence-corrected chi connectivity index (χ2v) is 6.62. The summed E-state index contributed by atoms with van der Waals surface area (Å²) in [5, 5.41) is 4.25. The third kappa shape index (κ3) is 4.41. The first-order valence-electron chi connectivity index (χ1n) is 7.04. The molecule has 9 heteroatoms. The molecule has 2 rings (SSSR count). The minimum Gasteiger partial charge on any atom is -0.443 e. The largest absolute Gasteiger partial charge is 0.443 e. The minimum atomic E-state index is -0.741. The molecule has 2 aromatic heterocycles. The van der Waals surface area contributed by atoms with Gasteiger partial charge in [-0.2, -0.15) is 5.10 Å². The summed E-state index contributed by atoms with van der Waals surface area (Å²) < 4.78 is 7.32. The van der Waals surface area contributed by atoms with Crippen LogP contribution in [0, 0.1) is 0 Å². The SMILES string of the molecule is CCc1cc(C(=O)NNC(=O)OC(C)(C)C)nc2cc(Br)nn12. The Bertz CT molecular complexity index is 751. The van der Waals surface area contributed by atoms with Crippen molar-refractivity contribution in [3.05, 3.63) is 28.1 Å². The maximum atomic E-state index is 12.1. The van der Waals surface area contributed by atoms with Crippen molar-refractivity contribution in [3.8, 4) is 0 Å². The highest BCUT2D eigenvalue weighted by Gasteiger charge is 2.18. The Balaban J connectivity index is 2.13. The van der Waals surface area contributed by atoms with E-state index in [1.807, 2.05) is 6.92 Å². The van der Waals surface area contributed by atoms with Gasteiger partial charge >= 0.3 is 6.09 Å². The second-order valence-electron chi connectivity index (χ2n) is 5.80. The highest BCUT2D eigenvalue weighted by molar-refractivity contribution is 9.10. The summed E-state index contributed by atoms with van der Waals surface area (Å²) in [5.74, 6) is -0.537. The molecule has 2 N–H and O–H groups in total. The Hall–Kier alpha value is -2.16. The second kappa shape index (κ2) is 6.53. The Kier molecular flexibility index (Phi) is 4.88. The molecule has 0 atom stereocenters. The third-order valence-corrected chi connectivity index (χ3v) is 3.13. The van der Waals surface area contributed by atoms with Gasteiger partial charge in [0.25, 0.3) is 5.91 Å². The molecule has 124 valence electrons. The summed E-state index contributed by atoms with van der Waals surface area (Å²) in [7, 11) is 0. The highest BCUT2D eigenvalue weighted by atomic mass is 79.9. The van der Waals surface area contributed by atoms with Crippen LogP contribution in [0.4, 0.5) is 4.79 Å². The van der Waals surface area contributed by atoms with Crippen LogP contribution in [0.15, 0.2) is 16.7 Å². The molecule has 0 bridgehead atoms. The van der Waals surface area contributed by atoms with E-state index in [1.165, 1.54) is 0 Å². The standard InChI is InChI=1S/C14H18BrN5O3/c1-5-8-6-9(16-11-7-10(15)19-20(8)11)12(21)17-18-13(22)23-14(2,3)4/h6-7H,5H2,1-4H3,(H,17,21)(H,18,22). The number of aryl methyl sites for hydroxylation is 1. The van der Waals surface area contributed by atoms with E-state index in [1.54, 1.807) is 37.4 Å². The van der Waals surface area contributed by atoms with Crippen molar-refractivity contribution in [1.82, 2.24) is 25.4 Å². The molecule has 0 aliphatic rings. The van der Waals surface area contributed by atoms with E-state index < -0.39 is 17.6 Å². The third-order valence-electron chi connectivity index (χ3n) is 2.74. The van der Waals surface area contributed by atoms with Gasteiger partial charge in [0.2, 0.25) is 0 Å². The van der Waals surface area contributed by atoms with Crippen molar-refractivity contribution in [3.63, 3.8) is 0 Å². The fourth-order valence-electron chi connectivity index (χ4n) is 1.85. The van der Waals surface area contributed by atoms with Gasteiger partial charge in [-0.3, -0.25) is 10.2 Å². The zero-order valence-electron chi connectivity index (χ0n) is 13.3.